The third-order valence-electron chi connectivity index (χ3n) is 3.83. The van der Waals surface area contributed by atoms with Crippen molar-refractivity contribution in [1.29, 1.82) is 0 Å². The van der Waals surface area contributed by atoms with Gasteiger partial charge in [-0.3, -0.25) is 4.90 Å². The molecule has 2 heteroatoms. The fourth-order valence-corrected chi connectivity index (χ4v) is 2.40. The summed E-state index contributed by atoms with van der Waals surface area (Å²) in [6, 6.07) is 6.65. The Kier molecular flexibility index (Phi) is 3.55. The number of hydrogen-bond donors (Lipinski definition) is 1. The first-order chi connectivity index (χ1) is 7.96. The molecule has 0 aromatic heterocycles. The molecule has 1 saturated heterocycles. The van der Waals surface area contributed by atoms with Gasteiger partial charge in [0.05, 0.1) is 5.60 Å². The zero-order valence-electron chi connectivity index (χ0n) is 11.2. The molecule has 1 aliphatic rings. The molecule has 0 bridgehead atoms. The maximum atomic E-state index is 9.93. The average molecular weight is 233 g/mol. The normalized spacial score (nSPS) is 20.5. The van der Waals surface area contributed by atoms with Crippen LogP contribution in [0.1, 0.15) is 36.5 Å². The summed E-state index contributed by atoms with van der Waals surface area (Å²) in [6.07, 6.45) is 1.77. The van der Waals surface area contributed by atoms with Crippen molar-refractivity contribution in [3.63, 3.8) is 0 Å². The highest BCUT2D eigenvalue weighted by Crippen LogP contribution is 2.23. The van der Waals surface area contributed by atoms with Gasteiger partial charge in [-0.1, -0.05) is 23.8 Å². The Hall–Kier alpha value is -0.860. The Labute approximate surface area is 104 Å². The molecule has 1 aliphatic heterocycles. The van der Waals surface area contributed by atoms with Gasteiger partial charge in [-0.05, 0) is 44.7 Å². The molecule has 1 N–H and O–H groups in total. The standard InChI is InChI=1S/C15H23NO/c1-12-4-5-13(2)14(10-12)11-16-8-6-15(3,17)7-9-16/h4-5,10,17H,6-9,11H2,1-3H3. The molecule has 94 valence electrons. The number of hydrogen-bond acceptors (Lipinski definition) is 2. The van der Waals surface area contributed by atoms with Gasteiger partial charge in [0, 0.05) is 19.6 Å². The third kappa shape index (κ3) is 3.30. The van der Waals surface area contributed by atoms with Gasteiger partial charge in [0.15, 0.2) is 0 Å². The molecule has 1 heterocycles. The lowest BCUT2D eigenvalue weighted by molar-refractivity contribution is -0.00733. The van der Waals surface area contributed by atoms with E-state index in [-0.39, 0.29) is 0 Å². The number of piperidine rings is 1. The van der Waals surface area contributed by atoms with Crippen molar-refractivity contribution in [2.24, 2.45) is 0 Å². The molecule has 1 fully saturated rings. The molecule has 0 amide bonds. The van der Waals surface area contributed by atoms with Crippen LogP contribution in [0.5, 0.6) is 0 Å². The quantitative estimate of drug-likeness (QED) is 0.849. The third-order valence-corrected chi connectivity index (χ3v) is 3.83. The van der Waals surface area contributed by atoms with Crippen molar-refractivity contribution in [3.8, 4) is 0 Å². The molecule has 17 heavy (non-hydrogen) atoms. The molecule has 0 spiro atoms. The Balaban J connectivity index is 2.00. The minimum Gasteiger partial charge on any atom is -0.390 e. The van der Waals surface area contributed by atoms with Crippen LogP contribution < -0.4 is 0 Å². The highest BCUT2D eigenvalue weighted by Gasteiger charge is 2.27. The van der Waals surface area contributed by atoms with Crippen LogP contribution in [0, 0.1) is 13.8 Å². The van der Waals surface area contributed by atoms with Crippen LogP contribution in [0.3, 0.4) is 0 Å². The maximum absolute atomic E-state index is 9.93. The highest BCUT2D eigenvalue weighted by atomic mass is 16.3. The average Bonchev–Trinajstić information content (AvgIpc) is 2.26. The van der Waals surface area contributed by atoms with Crippen LogP contribution in [0.15, 0.2) is 18.2 Å². The topological polar surface area (TPSA) is 23.5 Å². The molecular formula is C15H23NO. The molecule has 0 atom stereocenters. The van der Waals surface area contributed by atoms with Crippen molar-refractivity contribution >= 4 is 0 Å². The number of rotatable bonds is 2. The van der Waals surface area contributed by atoms with Crippen molar-refractivity contribution < 1.29 is 5.11 Å². The minimum absolute atomic E-state index is 0.446. The summed E-state index contributed by atoms with van der Waals surface area (Å²) in [5, 5.41) is 9.93. The second-order valence-corrected chi connectivity index (χ2v) is 5.70. The molecule has 0 saturated carbocycles. The summed E-state index contributed by atoms with van der Waals surface area (Å²) in [4.78, 5) is 2.44. The van der Waals surface area contributed by atoms with E-state index >= 15 is 0 Å². The Morgan fingerprint density at radius 3 is 2.53 bits per heavy atom. The summed E-state index contributed by atoms with van der Waals surface area (Å²) in [6.45, 7) is 9.28. The SMILES string of the molecule is Cc1ccc(C)c(CN2CCC(C)(O)CC2)c1. The summed E-state index contributed by atoms with van der Waals surface area (Å²) in [7, 11) is 0. The Bertz CT molecular complexity index is 388. The molecule has 0 unspecified atom stereocenters. The first-order valence-corrected chi connectivity index (χ1v) is 6.47. The smallest absolute Gasteiger partial charge is 0.0644 e. The van der Waals surface area contributed by atoms with Crippen LogP contribution in [-0.2, 0) is 6.54 Å². The van der Waals surface area contributed by atoms with E-state index in [2.05, 4.69) is 36.9 Å². The van der Waals surface area contributed by atoms with E-state index in [0.717, 1.165) is 32.5 Å². The predicted octanol–water partition coefficient (Wildman–Crippen LogP) is 2.65. The van der Waals surface area contributed by atoms with E-state index in [4.69, 9.17) is 0 Å². The van der Waals surface area contributed by atoms with Gasteiger partial charge in [-0.2, -0.15) is 0 Å². The molecule has 0 aliphatic carbocycles. The second kappa shape index (κ2) is 4.79. The van der Waals surface area contributed by atoms with Gasteiger partial charge in [0.1, 0.15) is 0 Å². The zero-order chi connectivity index (χ0) is 12.5. The monoisotopic (exact) mass is 233 g/mol. The van der Waals surface area contributed by atoms with Crippen LogP contribution in [0.4, 0.5) is 0 Å². The van der Waals surface area contributed by atoms with E-state index in [1.54, 1.807) is 0 Å². The van der Waals surface area contributed by atoms with Crippen LogP contribution >= 0.6 is 0 Å². The van der Waals surface area contributed by atoms with Gasteiger partial charge >= 0.3 is 0 Å². The van der Waals surface area contributed by atoms with Crippen molar-refractivity contribution in [1.82, 2.24) is 4.90 Å². The number of aliphatic hydroxyl groups is 1. The second-order valence-electron chi connectivity index (χ2n) is 5.70. The van der Waals surface area contributed by atoms with Gasteiger partial charge < -0.3 is 5.11 Å². The number of nitrogens with zero attached hydrogens (tertiary/aromatic N) is 1. The number of benzene rings is 1. The Morgan fingerprint density at radius 1 is 1.24 bits per heavy atom. The fraction of sp³-hybridized carbons (Fsp3) is 0.600. The lowest BCUT2D eigenvalue weighted by Crippen LogP contribution is -2.42. The van der Waals surface area contributed by atoms with E-state index in [0.29, 0.717) is 0 Å². The summed E-state index contributed by atoms with van der Waals surface area (Å²) < 4.78 is 0. The van der Waals surface area contributed by atoms with Crippen LogP contribution in [-0.4, -0.2) is 28.7 Å². The van der Waals surface area contributed by atoms with Gasteiger partial charge in [0.25, 0.3) is 0 Å². The largest absolute Gasteiger partial charge is 0.390 e. The van der Waals surface area contributed by atoms with Gasteiger partial charge in [0.2, 0.25) is 0 Å². The molecule has 2 nitrogen and oxygen atoms in total. The first kappa shape index (κ1) is 12.6. The lowest BCUT2D eigenvalue weighted by Gasteiger charge is -2.36. The van der Waals surface area contributed by atoms with Gasteiger partial charge in [-0.15, -0.1) is 0 Å². The zero-order valence-corrected chi connectivity index (χ0v) is 11.2. The first-order valence-electron chi connectivity index (χ1n) is 6.47. The predicted molar refractivity (Wildman–Crippen MR) is 71.1 cm³/mol. The van der Waals surface area contributed by atoms with E-state index < -0.39 is 5.60 Å². The lowest BCUT2D eigenvalue weighted by atomic mass is 9.93. The molecule has 2 rings (SSSR count). The minimum atomic E-state index is -0.446. The van der Waals surface area contributed by atoms with Crippen LogP contribution in [0.2, 0.25) is 0 Å². The maximum Gasteiger partial charge on any atom is 0.0644 e. The van der Waals surface area contributed by atoms with E-state index in [1.165, 1.54) is 16.7 Å². The molecule has 0 radical (unpaired) electrons. The van der Waals surface area contributed by atoms with Crippen molar-refractivity contribution in [2.75, 3.05) is 13.1 Å². The fourth-order valence-electron chi connectivity index (χ4n) is 2.40. The summed E-state index contributed by atoms with van der Waals surface area (Å²) in [5.41, 5.74) is 3.67. The van der Waals surface area contributed by atoms with Crippen molar-refractivity contribution in [3.05, 3.63) is 34.9 Å². The van der Waals surface area contributed by atoms with Crippen molar-refractivity contribution in [2.45, 2.75) is 45.8 Å². The van der Waals surface area contributed by atoms with Crippen LogP contribution in [0.25, 0.3) is 0 Å². The molecule has 1 aromatic carbocycles. The Morgan fingerprint density at radius 2 is 1.88 bits per heavy atom. The highest BCUT2D eigenvalue weighted by molar-refractivity contribution is 5.30. The molecular weight excluding hydrogens is 210 g/mol. The van der Waals surface area contributed by atoms with Gasteiger partial charge in [-0.25, -0.2) is 0 Å². The molecule has 1 aromatic rings. The van der Waals surface area contributed by atoms with E-state index in [9.17, 15) is 5.11 Å². The van der Waals surface area contributed by atoms with E-state index in [1.807, 2.05) is 6.92 Å². The number of likely N-dealkylation sites (tertiary alicyclic amines) is 1. The number of aryl methyl sites for hydroxylation is 2. The summed E-state index contributed by atoms with van der Waals surface area (Å²) >= 11 is 0. The summed E-state index contributed by atoms with van der Waals surface area (Å²) in [5.74, 6) is 0.